The van der Waals surface area contributed by atoms with E-state index in [1.54, 1.807) is 53.7 Å². The molecule has 6 rings (SSSR count). The van der Waals surface area contributed by atoms with Crippen LogP contribution in [-0.4, -0.2) is 32.6 Å². The van der Waals surface area contributed by atoms with Gasteiger partial charge in [0, 0.05) is 22.7 Å². The third-order valence-electron chi connectivity index (χ3n) is 6.37. The lowest BCUT2D eigenvalue weighted by Crippen LogP contribution is -2.27. The summed E-state index contributed by atoms with van der Waals surface area (Å²) in [7, 11) is 1.63. The number of ether oxygens (including phenoxy) is 1. The number of aromatic nitrogens is 4. The number of halogens is 2. The summed E-state index contributed by atoms with van der Waals surface area (Å²) in [6.07, 6.45) is 7.26. The minimum Gasteiger partial charge on any atom is -0.493 e. The van der Waals surface area contributed by atoms with E-state index in [1.807, 2.05) is 18.3 Å². The summed E-state index contributed by atoms with van der Waals surface area (Å²) in [6, 6.07) is 9.00. The molecule has 0 bridgehead atoms. The Morgan fingerprint density at radius 1 is 1.19 bits per heavy atom. The number of pyridine rings is 1. The van der Waals surface area contributed by atoms with Crippen molar-refractivity contribution in [2.45, 2.75) is 19.3 Å². The Hall–Kier alpha value is -3.40. The van der Waals surface area contributed by atoms with E-state index < -0.39 is 0 Å². The average molecular weight is 539 g/mol. The molecular weight excluding hydrogens is 519 g/mol. The molecule has 1 aromatic carbocycles. The van der Waals surface area contributed by atoms with Crippen molar-refractivity contribution < 1.29 is 9.53 Å². The van der Waals surface area contributed by atoms with E-state index in [0.717, 1.165) is 45.0 Å². The zero-order chi connectivity index (χ0) is 24.8. The number of nitrogens with one attached hydrogen (secondary N) is 2. The van der Waals surface area contributed by atoms with Gasteiger partial charge in [-0.2, -0.15) is 5.10 Å². The van der Waals surface area contributed by atoms with Crippen LogP contribution in [0.3, 0.4) is 0 Å². The molecule has 0 saturated carbocycles. The number of methoxy groups -OCH3 is 1. The summed E-state index contributed by atoms with van der Waals surface area (Å²) in [5.41, 5.74) is 3.56. The van der Waals surface area contributed by atoms with E-state index >= 15 is 0 Å². The van der Waals surface area contributed by atoms with Gasteiger partial charge in [-0.15, -0.1) is 11.3 Å². The first-order chi connectivity index (χ1) is 17.5. The molecule has 5 aromatic rings. The molecule has 0 radical (unpaired) electrons. The molecule has 4 aromatic heterocycles. The van der Waals surface area contributed by atoms with Crippen LogP contribution in [0.4, 0.5) is 17.2 Å². The van der Waals surface area contributed by atoms with E-state index in [2.05, 4.69) is 25.7 Å². The minimum atomic E-state index is -0.145. The van der Waals surface area contributed by atoms with Crippen molar-refractivity contribution in [2.75, 3.05) is 17.7 Å². The van der Waals surface area contributed by atoms with Gasteiger partial charge in [0.2, 0.25) is 5.91 Å². The largest absolute Gasteiger partial charge is 0.493 e. The molecule has 0 fully saturated rings. The molecule has 0 saturated heterocycles. The fourth-order valence-corrected chi connectivity index (χ4v) is 6.15. The number of carbonyl (C=O) groups is 1. The van der Waals surface area contributed by atoms with E-state index in [-0.39, 0.29) is 11.8 Å². The number of nitrogens with zero attached hydrogens (tertiary/aromatic N) is 4. The second kappa shape index (κ2) is 9.24. The number of amides is 1. The first kappa shape index (κ1) is 23.0. The third-order valence-corrected chi connectivity index (χ3v) is 8.28. The summed E-state index contributed by atoms with van der Waals surface area (Å²) >= 11 is 13.7. The number of carbonyl (C=O) groups excluding carboxylic acids is 1. The second-order valence-electron chi connectivity index (χ2n) is 8.55. The molecule has 1 aliphatic carbocycles. The maximum absolute atomic E-state index is 13.0. The topological polar surface area (TPSA) is 93.4 Å². The van der Waals surface area contributed by atoms with Gasteiger partial charge in [-0.3, -0.25) is 4.79 Å². The van der Waals surface area contributed by atoms with Gasteiger partial charge in [0.15, 0.2) is 5.75 Å². The Morgan fingerprint density at radius 2 is 2.08 bits per heavy atom. The molecule has 36 heavy (non-hydrogen) atoms. The summed E-state index contributed by atoms with van der Waals surface area (Å²) in [5.74, 6) is 1.20. The van der Waals surface area contributed by atoms with Crippen molar-refractivity contribution in [2.24, 2.45) is 5.92 Å². The van der Waals surface area contributed by atoms with Crippen LogP contribution in [0.5, 0.6) is 5.75 Å². The number of anilines is 3. The van der Waals surface area contributed by atoms with Crippen molar-refractivity contribution in [1.29, 1.82) is 0 Å². The molecular formula is C25H20Cl2N6O2S. The number of hydrogen-bond donors (Lipinski definition) is 2. The first-order valence-corrected chi connectivity index (χ1v) is 12.9. The Bertz CT molecular complexity index is 1630. The highest BCUT2D eigenvalue weighted by atomic mass is 35.5. The summed E-state index contributed by atoms with van der Waals surface area (Å²) in [6.45, 7) is 0. The van der Waals surface area contributed by atoms with Crippen LogP contribution in [0, 0.1) is 5.92 Å². The van der Waals surface area contributed by atoms with E-state index in [0.29, 0.717) is 27.9 Å². The molecule has 8 nitrogen and oxygen atoms in total. The van der Waals surface area contributed by atoms with Crippen LogP contribution in [0.1, 0.15) is 16.9 Å². The minimum absolute atomic E-state index is 0.0280. The number of fused-ring (bicyclic) bond motifs is 4. The van der Waals surface area contributed by atoms with Crippen LogP contribution in [-0.2, 0) is 17.6 Å². The van der Waals surface area contributed by atoms with Gasteiger partial charge < -0.3 is 15.4 Å². The highest BCUT2D eigenvalue weighted by Gasteiger charge is 2.29. The van der Waals surface area contributed by atoms with Crippen molar-refractivity contribution in [3.05, 3.63) is 69.5 Å². The van der Waals surface area contributed by atoms with Crippen molar-refractivity contribution in [3.8, 4) is 5.75 Å². The van der Waals surface area contributed by atoms with Crippen molar-refractivity contribution in [3.63, 3.8) is 0 Å². The van der Waals surface area contributed by atoms with E-state index in [9.17, 15) is 4.79 Å². The molecule has 2 N–H and O–H groups in total. The highest BCUT2D eigenvalue weighted by molar-refractivity contribution is 7.19. The van der Waals surface area contributed by atoms with Gasteiger partial charge in [0.1, 0.15) is 17.0 Å². The number of thiophene rings is 1. The van der Waals surface area contributed by atoms with E-state index in [4.69, 9.17) is 27.9 Å². The number of aryl methyl sites for hydroxylation is 1. The lowest BCUT2D eigenvalue weighted by Gasteiger charge is -2.22. The maximum atomic E-state index is 13.0. The molecule has 11 heteroatoms. The normalized spacial score (nSPS) is 15.1. The Morgan fingerprint density at radius 3 is 2.92 bits per heavy atom. The smallest absolute Gasteiger partial charge is 0.227 e. The molecule has 0 unspecified atom stereocenters. The molecule has 1 atom stereocenters. The van der Waals surface area contributed by atoms with Gasteiger partial charge in [0.25, 0.3) is 0 Å². The molecule has 1 aliphatic rings. The lowest BCUT2D eigenvalue weighted by atomic mass is 9.87. The van der Waals surface area contributed by atoms with Crippen LogP contribution in [0.15, 0.2) is 49.1 Å². The number of hydrogen-bond acceptors (Lipinski definition) is 7. The second-order valence-corrected chi connectivity index (χ2v) is 10.4. The van der Waals surface area contributed by atoms with Gasteiger partial charge >= 0.3 is 0 Å². The molecule has 0 spiro atoms. The quantitative estimate of drug-likeness (QED) is 0.279. The lowest BCUT2D eigenvalue weighted by molar-refractivity contribution is -0.120. The monoisotopic (exact) mass is 538 g/mol. The van der Waals surface area contributed by atoms with Crippen LogP contribution >= 0.6 is 34.5 Å². The first-order valence-electron chi connectivity index (χ1n) is 11.3. The van der Waals surface area contributed by atoms with Crippen LogP contribution < -0.4 is 15.4 Å². The third kappa shape index (κ3) is 4.13. The summed E-state index contributed by atoms with van der Waals surface area (Å²) in [5, 5.41) is 12.6. The SMILES string of the molecule is COc1cn2nccc2cc1Nc1ncnc2sc3c(c12)CC[C@H](C(=O)Nc1ccc(Cl)c(Cl)c1)C3. The highest BCUT2D eigenvalue weighted by Crippen LogP contribution is 2.41. The van der Waals surface area contributed by atoms with Gasteiger partial charge in [-0.1, -0.05) is 23.2 Å². The summed E-state index contributed by atoms with van der Waals surface area (Å²) < 4.78 is 7.34. The van der Waals surface area contributed by atoms with Crippen LogP contribution in [0.25, 0.3) is 15.7 Å². The van der Waals surface area contributed by atoms with E-state index in [1.165, 1.54) is 5.56 Å². The number of benzene rings is 1. The Kier molecular flexibility index (Phi) is 5.91. The van der Waals surface area contributed by atoms with Gasteiger partial charge in [-0.05, 0) is 55.2 Å². The summed E-state index contributed by atoms with van der Waals surface area (Å²) in [4.78, 5) is 24.1. The Balaban J connectivity index is 1.28. The molecule has 0 aliphatic heterocycles. The van der Waals surface area contributed by atoms with Crippen molar-refractivity contribution >= 4 is 73.4 Å². The molecule has 182 valence electrons. The predicted molar refractivity (Wildman–Crippen MR) is 143 cm³/mol. The predicted octanol–water partition coefficient (Wildman–Crippen LogP) is 6.14. The Labute approximate surface area is 220 Å². The fourth-order valence-electron chi connectivity index (χ4n) is 4.58. The van der Waals surface area contributed by atoms with Gasteiger partial charge in [-0.25, -0.2) is 14.5 Å². The molecule has 1 amide bonds. The number of rotatable bonds is 5. The zero-order valence-electron chi connectivity index (χ0n) is 19.1. The fraction of sp³-hybridized carbons (Fsp3) is 0.200. The zero-order valence-corrected chi connectivity index (χ0v) is 21.4. The standard InChI is InChI=1S/C25H20Cl2N6O2S/c1-35-20-11-33-15(6-7-30-33)10-19(20)32-23-22-16-4-2-13(8-21(16)36-25(22)29-12-28-23)24(34)31-14-3-5-17(26)18(27)9-14/h3,5-7,9-13H,2,4,8H2,1H3,(H,31,34)(H,28,29,32)/t13-/m0/s1. The average Bonchev–Trinajstić information content (AvgIpc) is 3.49. The molecule has 4 heterocycles. The van der Waals surface area contributed by atoms with Crippen LogP contribution in [0.2, 0.25) is 10.0 Å². The van der Waals surface area contributed by atoms with Crippen molar-refractivity contribution in [1.82, 2.24) is 19.6 Å². The maximum Gasteiger partial charge on any atom is 0.227 e. The van der Waals surface area contributed by atoms with Gasteiger partial charge in [0.05, 0.1) is 39.9 Å².